The van der Waals surface area contributed by atoms with Gasteiger partial charge in [0.2, 0.25) is 0 Å². The van der Waals surface area contributed by atoms with E-state index in [-0.39, 0.29) is 0 Å². The van der Waals surface area contributed by atoms with Crippen molar-refractivity contribution in [1.82, 2.24) is 4.90 Å². The van der Waals surface area contributed by atoms with Gasteiger partial charge in [0.05, 0.1) is 5.56 Å². The van der Waals surface area contributed by atoms with Crippen molar-refractivity contribution in [1.29, 1.82) is 0 Å². The van der Waals surface area contributed by atoms with Gasteiger partial charge in [-0.25, -0.2) is 4.79 Å². The standard InChI is InChI=1S/C18H21NO2/c1-3-15-6-4-5-7-17(15)13-19(2)12-14-8-10-16(11-9-14)18(20)21/h4-11H,3,12-13H2,1-2H3,(H,20,21). The average Bonchev–Trinajstić information content (AvgIpc) is 2.48. The Morgan fingerprint density at radius 1 is 1.00 bits per heavy atom. The van der Waals surface area contributed by atoms with E-state index in [4.69, 9.17) is 5.11 Å². The molecule has 0 radical (unpaired) electrons. The van der Waals surface area contributed by atoms with Gasteiger partial charge in [-0.2, -0.15) is 0 Å². The van der Waals surface area contributed by atoms with Crippen molar-refractivity contribution >= 4 is 5.97 Å². The van der Waals surface area contributed by atoms with Gasteiger partial charge in [-0.15, -0.1) is 0 Å². The van der Waals surface area contributed by atoms with Crippen molar-refractivity contribution in [3.8, 4) is 0 Å². The van der Waals surface area contributed by atoms with E-state index in [1.165, 1.54) is 11.1 Å². The third-order valence-electron chi connectivity index (χ3n) is 3.59. The van der Waals surface area contributed by atoms with Crippen LogP contribution in [0.25, 0.3) is 0 Å². The molecule has 0 heterocycles. The third kappa shape index (κ3) is 4.17. The fraction of sp³-hybridized carbons (Fsp3) is 0.278. The van der Waals surface area contributed by atoms with Gasteiger partial charge in [0.1, 0.15) is 0 Å². The molecule has 0 aliphatic rings. The van der Waals surface area contributed by atoms with E-state index in [2.05, 4.69) is 43.1 Å². The van der Waals surface area contributed by atoms with Gasteiger partial charge in [0.25, 0.3) is 0 Å². The molecule has 0 amide bonds. The van der Waals surface area contributed by atoms with E-state index in [0.717, 1.165) is 25.1 Å². The predicted molar refractivity (Wildman–Crippen MR) is 84.4 cm³/mol. The van der Waals surface area contributed by atoms with Crippen LogP contribution in [0, 0.1) is 0 Å². The van der Waals surface area contributed by atoms with Crippen LogP contribution in [0.4, 0.5) is 0 Å². The molecule has 0 bridgehead atoms. The Morgan fingerprint density at radius 3 is 2.19 bits per heavy atom. The third-order valence-corrected chi connectivity index (χ3v) is 3.59. The zero-order valence-electron chi connectivity index (χ0n) is 12.5. The number of carboxylic acid groups (broad SMARTS) is 1. The van der Waals surface area contributed by atoms with Crippen LogP contribution in [0.2, 0.25) is 0 Å². The van der Waals surface area contributed by atoms with Crippen LogP contribution in [0.3, 0.4) is 0 Å². The monoisotopic (exact) mass is 283 g/mol. The van der Waals surface area contributed by atoms with Crippen molar-refractivity contribution in [3.05, 3.63) is 70.8 Å². The first-order valence-electron chi connectivity index (χ1n) is 7.17. The first-order valence-corrected chi connectivity index (χ1v) is 7.17. The Kier molecular flexibility index (Phi) is 5.12. The Morgan fingerprint density at radius 2 is 1.62 bits per heavy atom. The minimum absolute atomic E-state index is 0.331. The summed E-state index contributed by atoms with van der Waals surface area (Å²) < 4.78 is 0. The summed E-state index contributed by atoms with van der Waals surface area (Å²) in [4.78, 5) is 13.1. The lowest BCUT2D eigenvalue weighted by Crippen LogP contribution is -2.18. The van der Waals surface area contributed by atoms with Crippen LogP contribution < -0.4 is 0 Å². The fourth-order valence-electron chi connectivity index (χ4n) is 2.47. The number of benzene rings is 2. The second-order valence-electron chi connectivity index (χ2n) is 5.30. The molecule has 0 unspecified atom stereocenters. The number of carboxylic acids is 1. The number of nitrogens with zero attached hydrogens (tertiary/aromatic N) is 1. The largest absolute Gasteiger partial charge is 0.478 e. The van der Waals surface area contributed by atoms with Crippen LogP contribution >= 0.6 is 0 Å². The summed E-state index contributed by atoms with van der Waals surface area (Å²) in [7, 11) is 2.08. The summed E-state index contributed by atoms with van der Waals surface area (Å²) >= 11 is 0. The maximum absolute atomic E-state index is 10.8. The average molecular weight is 283 g/mol. The van der Waals surface area contributed by atoms with Crippen LogP contribution in [0.1, 0.15) is 34.0 Å². The van der Waals surface area contributed by atoms with Crippen molar-refractivity contribution in [2.75, 3.05) is 7.05 Å². The lowest BCUT2D eigenvalue weighted by Gasteiger charge is -2.18. The van der Waals surface area contributed by atoms with Gasteiger partial charge in [-0.05, 0) is 42.3 Å². The number of hydrogen-bond donors (Lipinski definition) is 1. The maximum Gasteiger partial charge on any atom is 0.335 e. The predicted octanol–water partition coefficient (Wildman–Crippen LogP) is 3.58. The molecule has 3 nitrogen and oxygen atoms in total. The molecular weight excluding hydrogens is 262 g/mol. The first-order chi connectivity index (χ1) is 10.1. The van der Waals surface area contributed by atoms with Crippen molar-refractivity contribution in [2.24, 2.45) is 0 Å². The second-order valence-corrected chi connectivity index (χ2v) is 5.30. The lowest BCUT2D eigenvalue weighted by molar-refractivity contribution is 0.0697. The zero-order chi connectivity index (χ0) is 15.2. The smallest absolute Gasteiger partial charge is 0.335 e. The van der Waals surface area contributed by atoms with Crippen LogP contribution in [-0.2, 0) is 19.5 Å². The molecule has 2 rings (SSSR count). The number of aromatic carboxylic acids is 1. The number of rotatable bonds is 6. The van der Waals surface area contributed by atoms with Gasteiger partial charge in [0.15, 0.2) is 0 Å². The summed E-state index contributed by atoms with van der Waals surface area (Å²) in [5.74, 6) is -0.883. The van der Waals surface area contributed by atoms with E-state index >= 15 is 0 Å². The molecule has 21 heavy (non-hydrogen) atoms. The maximum atomic E-state index is 10.8. The Balaban J connectivity index is 2.01. The van der Waals surface area contributed by atoms with Crippen LogP contribution in [0.15, 0.2) is 48.5 Å². The zero-order valence-corrected chi connectivity index (χ0v) is 12.5. The SMILES string of the molecule is CCc1ccccc1CN(C)Cc1ccc(C(=O)O)cc1. The van der Waals surface area contributed by atoms with E-state index < -0.39 is 5.97 Å². The van der Waals surface area contributed by atoms with Crippen LogP contribution in [-0.4, -0.2) is 23.0 Å². The Labute approximate surface area is 125 Å². The number of aryl methyl sites for hydroxylation is 1. The summed E-state index contributed by atoms with van der Waals surface area (Å²) in [6.07, 6.45) is 1.04. The van der Waals surface area contributed by atoms with E-state index in [1.807, 2.05) is 12.1 Å². The highest BCUT2D eigenvalue weighted by Crippen LogP contribution is 2.14. The van der Waals surface area contributed by atoms with E-state index in [9.17, 15) is 4.79 Å². The van der Waals surface area contributed by atoms with Gasteiger partial charge in [-0.3, -0.25) is 4.90 Å². The molecular formula is C18H21NO2. The molecule has 110 valence electrons. The molecule has 2 aromatic rings. The molecule has 0 fully saturated rings. The van der Waals surface area contributed by atoms with E-state index in [0.29, 0.717) is 5.56 Å². The highest BCUT2D eigenvalue weighted by atomic mass is 16.4. The van der Waals surface area contributed by atoms with Gasteiger partial charge in [0, 0.05) is 13.1 Å². The van der Waals surface area contributed by atoms with Crippen molar-refractivity contribution in [3.63, 3.8) is 0 Å². The topological polar surface area (TPSA) is 40.5 Å². The second kappa shape index (κ2) is 7.04. The first kappa shape index (κ1) is 15.3. The summed E-state index contributed by atoms with van der Waals surface area (Å²) in [6.45, 7) is 3.87. The molecule has 0 saturated carbocycles. The normalized spacial score (nSPS) is 10.8. The van der Waals surface area contributed by atoms with Crippen molar-refractivity contribution in [2.45, 2.75) is 26.4 Å². The number of hydrogen-bond acceptors (Lipinski definition) is 2. The molecule has 1 N–H and O–H groups in total. The van der Waals surface area contributed by atoms with E-state index in [1.54, 1.807) is 12.1 Å². The summed E-state index contributed by atoms with van der Waals surface area (Å²) in [5, 5.41) is 8.90. The Hall–Kier alpha value is -2.13. The van der Waals surface area contributed by atoms with Gasteiger partial charge in [-0.1, -0.05) is 43.3 Å². The molecule has 0 spiro atoms. The highest BCUT2D eigenvalue weighted by Gasteiger charge is 2.06. The minimum atomic E-state index is -0.883. The van der Waals surface area contributed by atoms with Gasteiger partial charge >= 0.3 is 5.97 Å². The lowest BCUT2D eigenvalue weighted by atomic mass is 10.0. The summed E-state index contributed by atoms with van der Waals surface area (Å²) in [6, 6.07) is 15.6. The minimum Gasteiger partial charge on any atom is -0.478 e. The quantitative estimate of drug-likeness (QED) is 0.881. The number of carbonyl (C=O) groups is 1. The summed E-state index contributed by atoms with van der Waals surface area (Å²) in [5.41, 5.74) is 4.18. The van der Waals surface area contributed by atoms with Gasteiger partial charge < -0.3 is 5.11 Å². The van der Waals surface area contributed by atoms with Crippen LogP contribution in [0.5, 0.6) is 0 Å². The molecule has 0 saturated heterocycles. The Bertz CT molecular complexity index is 605. The van der Waals surface area contributed by atoms with Crippen molar-refractivity contribution < 1.29 is 9.90 Å². The molecule has 0 aliphatic carbocycles. The molecule has 3 heteroatoms. The molecule has 2 aromatic carbocycles. The molecule has 0 aliphatic heterocycles. The fourth-order valence-corrected chi connectivity index (χ4v) is 2.47. The molecule has 0 aromatic heterocycles. The molecule has 0 atom stereocenters. The highest BCUT2D eigenvalue weighted by molar-refractivity contribution is 5.87.